The lowest BCUT2D eigenvalue weighted by molar-refractivity contribution is -0.121. The van der Waals surface area contributed by atoms with Crippen LogP contribution in [-0.4, -0.2) is 30.6 Å². The van der Waals surface area contributed by atoms with E-state index in [1.807, 2.05) is 17.7 Å². The smallest absolute Gasteiger partial charge is 0.227 e. The van der Waals surface area contributed by atoms with Gasteiger partial charge < -0.3 is 14.4 Å². The minimum atomic E-state index is -0.509. The first-order chi connectivity index (χ1) is 14.6. The van der Waals surface area contributed by atoms with Crippen molar-refractivity contribution in [1.82, 2.24) is 30.0 Å². The predicted octanol–water partition coefficient (Wildman–Crippen LogP) is 2.84. The van der Waals surface area contributed by atoms with Gasteiger partial charge in [-0.25, -0.2) is 9.37 Å². The van der Waals surface area contributed by atoms with E-state index >= 15 is 0 Å². The molecule has 0 radical (unpaired) electrons. The molecule has 1 aromatic carbocycles. The maximum Gasteiger partial charge on any atom is 0.227 e. The van der Waals surface area contributed by atoms with Crippen molar-refractivity contribution in [2.24, 2.45) is 7.05 Å². The first-order valence-corrected chi connectivity index (χ1v) is 9.36. The molecule has 0 saturated carbocycles. The minimum Gasteiger partial charge on any atom is -0.342 e. The zero-order valence-corrected chi connectivity index (χ0v) is 16.2. The number of nitrogens with zero attached hydrogens (tertiary/aromatic N) is 5. The van der Waals surface area contributed by atoms with Gasteiger partial charge in [0.2, 0.25) is 17.6 Å². The van der Waals surface area contributed by atoms with Crippen LogP contribution in [-0.2, 0) is 18.3 Å². The summed E-state index contributed by atoms with van der Waals surface area (Å²) in [4.78, 5) is 25.4. The van der Waals surface area contributed by atoms with Crippen LogP contribution < -0.4 is 5.32 Å². The number of aryl methyl sites for hydroxylation is 2. The number of benzene rings is 1. The van der Waals surface area contributed by atoms with E-state index in [0.29, 0.717) is 23.2 Å². The molecule has 152 valence electrons. The zero-order valence-electron chi connectivity index (χ0n) is 16.2. The topological polar surface area (TPSA) is 98.7 Å². The van der Waals surface area contributed by atoms with E-state index in [0.717, 1.165) is 5.56 Å². The van der Waals surface area contributed by atoms with Crippen molar-refractivity contribution in [2.45, 2.75) is 18.9 Å². The van der Waals surface area contributed by atoms with Crippen LogP contribution in [0.4, 0.5) is 4.39 Å². The van der Waals surface area contributed by atoms with Gasteiger partial charge >= 0.3 is 0 Å². The lowest BCUT2D eigenvalue weighted by Crippen LogP contribution is -2.31. The van der Waals surface area contributed by atoms with Gasteiger partial charge in [-0.2, -0.15) is 4.98 Å². The highest BCUT2D eigenvalue weighted by Gasteiger charge is 2.21. The number of hydrogen-bond donors (Lipinski definition) is 1. The van der Waals surface area contributed by atoms with Crippen LogP contribution in [0.1, 0.15) is 29.7 Å². The Bertz CT molecular complexity index is 1120. The van der Waals surface area contributed by atoms with E-state index in [2.05, 4.69) is 25.4 Å². The highest BCUT2D eigenvalue weighted by molar-refractivity contribution is 5.77. The summed E-state index contributed by atoms with van der Waals surface area (Å²) in [6.07, 6.45) is 5.51. The van der Waals surface area contributed by atoms with Gasteiger partial charge in [-0.05, 0) is 29.8 Å². The molecular formula is C21H19FN6O2. The molecule has 4 rings (SSSR count). The number of halogens is 1. The molecule has 0 spiro atoms. The van der Waals surface area contributed by atoms with Crippen LogP contribution in [0, 0.1) is 5.82 Å². The normalized spacial score (nSPS) is 11.9. The average molecular weight is 406 g/mol. The molecule has 0 aliphatic carbocycles. The summed E-state index contributed by atoms with van der Waals surface area (Å²) in [6, 6.07) is 10.9. The van der Waals surface area contributed by atoms with E-state index in [1.165, 1.54) is 12.1 Å². The fourth-order valence-corrected chi connectivity index (χ4v) is 3.02. The molecule has 30 heavy (non-hydrogen) atoms. The third-order valence-corrected chi connectivity index (χ3v) is 4.55. The third-order valence-electron chi connectivity index (χ3n) is 4.55. The summed E-state index contributed by atoms with van der Waals surface area (Å²) in [6.45, 7) is 0. The molecule has 4 aromatic rings. The van der Waals surface area contributed by atoms with Gasteiger partial charge in [0.15, 0.2) is 0 Å². The number of amides is 1. The molecule has 3 heterocycles. The number of pyridine rings is 1. The quantitative estimate of drug-likeness (QED) is 0.507. The largest absolute Gasteiger partial charge is 0.342 e. The van der Waals surface area contributed by atoms with Gasteiger partial charge in [0.05, 0.1) is 0 Å². The van der Waals surface area contributed by atoms with Gasteiger partial charge in [-0.15, -0.1) is 0 Å². The summed E-state index contributed by atoms with van der Waals surface area (Å²) in [5.74, 6) is 0.809. The van der Waals surface area contributed by atoms with Crippen molar-refractivity contribution in [3.8, 4) is 11.5 Å². The van der Waals surface area contributed by atoms with E-state index in [9.17, 15) is 9.18 Å². The molecule has 8 nitrogen and oxygen atoms in total. The number of carbonyl (C=O) groups is 1. The molecule has 0 aliphatic rings. The Morgan fingerprint density at radius 2 is 2.00 bits per heavy atom. The number of carbonyl (C=O) groups excluding carboxylic acids is 1. The van der Waals surface area contributed by atoms with Gasteiger partial charge in [0.1, 0.15) is 23.4 Å². The first kappa shape index (κ1) is 19.4. The fraction of sp³-hybridized carbons (Fsp3) is 0.190. The number of nitrogens with one attached hydrogen (secondary N) is 1. The second-order valence-corrected chi connectivity index (χ2v) is 6.68. The Balaban J connectivity index is 1.44. The Hall–Kier alpha value is -3.88. The third kappa shape index (κ3) is 4.40. The number of rotatable bonds is 7. The molecule has 3 aromatic heterocycles. The molecule has 0 bridgehead atoms. The van der Waals surface area contributed by atoms with Crippen molar-refractivity contribution in [3.05, 3.63) is 84.2 Å². The Labute approximate surface area is 171 Å². The SMILES string of the molecule is Cn1ccnc1[C@@H](NC(=O)CCc1nc(-c2ccccn2)no1)c1ccc(F)cc1. The molecule has 9 heteroatoms. The van der Waals surface area contributed by atoms with Crippen LogP contribution in [0.3, 0.4) is 0 Å². The summed E-state index contributed by atoms with van der Waals surface area (Å²) < 4.78 is 20.4. The summed E-state index contributed by atoms with van der Waals surface area (Å²) >= 11 is 0. The lowest BCUT2D eigenvalue weighted by Gasteiger charge is -2.19. The van der Waals surface area contributed by atoms with Gasteiger partial charge in [0, 0.05) is 38.5 Å². The standard InChI is InChI=1S/C21H19FN6O2/c1-28-13-12-24-21(28)19(14-5-7-15(22)8-6-14)25-17(29)9-10-18-26-20(27-30-18)16-4-2-3-11-23-16/h2-8,11-13,19H,9-10H2,1H3,(H,25,29)/t19-/m0/s1. The Kier molecular flexibility index (Phi) is 5.60. The molecule has 0 saturated heterocycles. The van der Waals surface area contributed by atoms with Crippen molar-refractivity contribution in [3.63, 3.8) is 0 Å². The van der Waals surface area contributed by atoms with Crippen LogP contribution in [0.25, 0.3) is 11.5 Å². The molecule has 1 atom stereocenters. The second-order valence-electron chi connectivity index (χ2n) is 6.68. The van der Waals surface area contributed by atoms with E-state index in [-0.39, 0.29) is 24.6 Å². The number of hydrogen-bond acceptors (Lipinski definition) is 6. The molecular weight excluding hydrogens is 387 g/mol. The van der Waals surface area contributed by atoms with Crippen molar-refractivity contribution < 1.29 is 13.7 Å². The second kappa shape index (κ2) is 8.64. The van der Waals surface area contributed by atoms with Crippen LogP contribution in [0.2, 0.25) is 0 Å². The average Bonchev–Trinajstić information content (AvgIpc) is 3.41. The van der Waals surface area contributed by atoms with Gasteiger partial charge in [-0.3, -0.25) is 9.78 Å². The summed E-state index contributed by atoms with van der Waals surface area (Å²) in [7, 11) is 1.84. The van der Waals surface area contributed by atoms with E-state index < -0.39 is 6.04 Å². The number of imidazole rings is 1. The molecule has 0 fully saturated rings. The summed E-state index contributed by atoms with van der Waals surface area (Å²) in [5.41, 5.74) is 1.33. The van der Waals surface area contributed by atoms with Crippen molar-refractivity contribution in [2.75, 3.05) is 0 Å². The fourth-order valence-electron chi connectivity index (χ4n) is 3.02. The molecule has 0 aliphatic heterocycles. The monoisotopic (exact) mass is 406 g/mol. The maximum absolute atomic E-state index is 13.3. The van der Waals surface area contributed by atoms with Crippen molar-refractivity contribution in [1.29, 1.82) is 0 Å². The number of aromatic nitrogens is 5. The van der Waals surface area contributed by atoms with E-state index in [1.54, 1.807) is 42.9 Å². The minimum absolute atomic E-state index is 0.145. The molecule has 1 N–H and O–H groups in total. The van der Waals surface area contributed by atoms with Crippen LogP contribution in [0.15, 0.2) is 65.6 Å². The molecule has 0 unspecified atom stereocenters. The Morgan fingerprint density at radius 3 is 2.70 bits per heavy atom. The Morgan fingerprint density at radius 1 is 1.17 bits per heavy atom. The maximum atomic E-state index is 13.3. The lowest BCUT2D eigenvalue weighted by atomic mass is 10.1. The highest BCUT2D eigenvalue weighted by atomic mass is 19.1. The summed E-state index contributed by atoms with van der Waals surface area (Å²) in [5, 5.41) is 6.86. The van der Waals surface area contributed by atoms with E-state index in [4.69, 9.17) is 4.52 Å². The van der Waals surface area contributed by atoms with Crippen LogP contribution >= 0.6 is 0 Å². The highest BCUT2D eigenvalue weighted by Crippen LogP contribution is 2.21. The zero-order chi connectivity index (χ0) is 20.9. The van der Waals surface area contributed by atoms with Gasteiger partial charge in [0.25, 0.3) is 0 Å². The van der Waals surface area contributed by atoms with Crippen LogP contribution in [0.5, 0.6) is 0 Å². The van der Waals surface area contributed by atoms with Crippen molar-refractivity contribution >= 4 is 5.91 Å². The predicted molar refractivity (Wildman–Crippen MR) is 105 cm³/mol. The molecule has 1 amide bonds. The first-order valence-electron chi connectivity index (χ1n) is 9.36. The van der Waals surface area contributed by atoms with Gasteiger partial charge in [-0.1, -0.05) is 23.4 Å².